The van der Waals surface area contributed by atoms with Crippen molar-refractivity contribution in [3.8, 4) is 0 Å². The van der Waals surface area contributed by atoms with Gasteiger partial charge < -0.3 is 9.88 Å². The molecule has 1 aromatic heterocycles. The summed E-state index contributed by atoms with van der Waals surface area (Å²) in [6.45, 7) is 4.69. The Bertz CT molecular complexity index is 959. The van der Waals surface area contributed by atoms with Crippen LogP contribution in [0.25, 0.3) is 0 Å². The molecule has 170 valence electrons. The zero-order chi connectivity index (χ0) is 22.7. The Morgan fingerprint density at radius 3 is 2.22 bits per heavy atom. The minimum atomic E-state index is -3.02. The Hall–Kier alpha value is -2.65. The normalized spacial score (nSPS) is 11.4. The Balaban J connectivity index is 1.49. The van der Waals surface area contributed by atoms with Gasteiger partial charge in [-0.25, -0.2) is 9.13 Å². The molecule has 0 bridgehead atoms. The Morgan fingerprint density at radius 2 is 1.59 bits per heavy atom. The van der Waals surface area contributed by atoms with E-state index in [0.29, 0.717) is 6.54 Å². The van der Waals surface area contributed by atoms with E-state index in [9.17, 15) is 9.36 Å². The third kappa shape index (κ3) is 6.93. The first-order valence-corrected chi connectivity index (χ1v) is 13.5. The molecule has 1 heterocycles. The van der Waals surface area contributed by atoms with Crippen molar-refractivity contribution in [2.24, 2.45) is 0 Å². The molecule has 3 aromatic rings. The Labute approximate surface area is 191 Å². The van der Waals surface area contributed by atoms with Crippen molar-refractivity contribution in [1.29, 1.82) is 0 Å². The largest absolute Gasteiger partial charge is 0.356 e. The van der Waals surface area contributed by atoms with Crippen molar-refractivity contribution in [1.82, 2.24) is 9.88 Å². The molecule has 5 nitrogen and oxygen atoms in total. The smallest absolute Gasteiger partial charge is 0.243 e. The molecule has 1 amide bonds. The van der Waals surface area contributed by atoms with Crippen molar-refractivity contribution in [3.63, 3.8) is 0 Å². The molecule has 3 rings (SSSR count). The van der Waals surface area contributed by atoms with Crippen LogP contribution in [-0.4, -0.2) is 23.2 Å². The summed E-state index contributed by atoms with van der Waals surface area (Å²) < 4.78 is 18.3. The van der Waals surface area contributed by atoms with E-state index >= 15 is 0 Å². The number of nitrogens with one attached hydrogen (secondary N) is 1. The van der Waals surface area contributed by atoms with Gasteiger partial charge in [0.05, 0.1) is 19.3 Å². The maximum Gasteiger partial charge on any atom is 0.243 e. The van der Waals surface area contributed by atoms with Crippen LogP contribution in [0.1, 0.15) is 39.0 Å². The first kappa shape index (κ1) is 24.0. The van der Waals surface area contributed by atoms with Crippen LogP contribution >= 0.6 is 7.14 Å². The van der Waals surface area contributed by atoms with Gasteiger partial charge >= 0.3 is 0 Å². The summed E-state index contributed by atoms with van der Waals surface area (Å²) in [5.74, 6) is -0.167. The van der Waals surface area contributed by atoms with Crippen LogP contribution in [-0.2, 0) is 22.4 Å². The summed E-state index contributed by atoms with van der Waals surface area (Å²) >= 11 is 0. The number of carbonyl (C=O) groups excluding carboxylic acids is 1. The lowest BCUT2D eigenvalue weighted by Gasteiger charge is -2.19. The van der Waals surface area contributed by atoms with Gasteiger partial charge in [0.15, 0.2) is 7.14 Å². The molecule has 0 unspecified atom stereocenters. The summed E-state index contributed by atoms with van der Waals surface area (Å²) in [6.07, 6.45) is 12.2. The van der Waals surface area contributed by atoms with Crippen LogP contribution < -0.4 is 20.5 Å². The van der Waals surface area contributed by atoms with E-state index in [4.69, 9.17) is 0 Å². The highest BCUT2D eigenvalue weighted by Gasteiger charge is 2.29. The number of imidazole rings is 1. The van der Waals surface area contributed by atoms with E-state index < -0.39 is 7.14 Å². The summed E-state index contributed by atoms with van der Waals surface area (Å²) in [7, 11) is -3.02. The van der Waals surface area contributed by atoms with Gasteiger partial charge in [-0.2, -0.15) is 0 Å². The second-order valence-corrected chi connectivity index (χ2v) is 11.1. The van der Waals surface area contributed by atoms with Gasteiger partial charge in [-0.05, 0) is 12.8 Å². The van der Waals surface area contributed by atoms with Gasteiger partial charge in [0.1, 0.15) is 12.4 Å². The summed E-state index contributed by atoms with van der Waals surface area (Å²) in [6, 6.07) is 18.7. The SMILES string of the molecule is CCCCCCn1cc[n+](CCCNC(=O)CP(=O)(c2ccccc2)c2ccccc2)c1. The first-order valence-electron chi connectivity index (χ1n) is 11.6. The molecule has 0 aliphatic rings. The topological polar surface area (TPSA) is 55.0 Å². The van der Waals surface area contributed by atoms with Crippen molar-refractivity contribution < 1.29 is 13.9 Å². The molecule has 32 heavy (non-hydrogen) atoms. The molecular weight excluding hydrogens is 417 g/mol. The maximum absolute atomic E-state index is 13.9. The van der Waals surface area contributed by atoms with Crippen LogP contribution in [0.4, 0.5) is 0 Å². The molecule has 0 atom stereocenters. The van der Waals surface area contributed by atoms with E-state index in [1.165, 1.54) is 25.7 Å². The van der Waals surface area contributed by atoms with Crippen LogP contribution in [0.5, 0.6) is 0 Å². The van der Waals surface area contributed by atoms with Gasteiger partial charge in [-0.1, -0.05) is 80.4 Å². The summed E-state index contributed by atoms with van der Waals surface area (Å²) in [4.78, 5) is 12.7. The molecule has 1 N–H and O–H groups in total. The molecule has 0 saturated heterocycles. The highest BCUT2D eigenvalue weighted by molar-refractivity contribution is 7.79. The lowest BCUT2D eigenvalue weighted by atomic mass is 10.2. The number of carbonyl (C=O) groups is 1. The average molecular weight is 453 g/mol. The van der Waals surface area contributed by atoms with Gasteiger partial charge in [0.25, 0.3) is 0 Å². The number of hydrogen-bond donors (Lipinski definition) is 1. The lowest BCUT2D eigenvalue weighted by molar-refractivity contribution is -0.696. The predicted molar refractivity (Wildman–Crippen MR) is 131 cm³/mol. The molecule has 0 fully saturated rings. The zero-order valence-corrected chi connectivity index (χ0v) is 19.9. The predicted octanol–water partition coefficient (Wildman–Crippen LogP) is 3.88. The summed E-state index contributed by atoms with van der Waals surface area (Å²) in [5.41, 5.74) is 0. The number of aryl methyl sites for hydroxylation is 2. The molecular formula is C26H35N3O2P+. The summed E-state index contributed by atoms with van der Waals surface area (Å²) in [5, 5.41) is 4.41. The van der Waals surface area contributed by atoms with Crippen LogP contribution in [0.3, 0.4) is 0 Å². The second kappa shape index (κ2) is 12.4. The highest BCUT2D eigenvalue weighted by atomic mass is 31.2. The Kier molecular flexibility index (Phi) is 9.30. The van der Waals surface area contributed by atoms with Gasteiger partial charge in [0.2, 0.25) is 12.2 Å². The van der Waals surface area contributed by atoms with E-state index in [2.05, 4.69) is 40.1 Å². The molecule has 0 saturated carbocycles. The molecule has 0 aliphatic carbocycles. The fraction of sp³-hybridized carbons (Fsp3) is 0.385. The third-order valence-electron chi connectivity index (χ3n) is 5.64. The van der Waals surface area contributed by atoms with Crippen molar-refractivity contribution in [3.05, 3.63) is 79.4 Å². The van der Waals surface area contributed by atoms with Gasteiger partial charge in [0, 0.05) is 23.6 Å². The molecule has 2 aromatic carbocycles. The number of rotatable bonds is 13. The van der Waals surface area contributed by atoms with E-state index in [1.807, 2.05) is 60.7 Å². The van der Waals surface area contributed by atoms with Gasteiger partial charge in [-0.15, -0.1) is 0 Å². The number of amides is 1. The quantitative estimate of drug-likeness (QED) is 0.243. The number of hydrogen-bond acceptors (Lipinski definition) is 2. The molecule has 0 aliphatic heterocycles. The zero-order valence-electron chi connectivity index (χ0n) is 19.0. The molecule has 0 radical (unpaired) electrons. The number of aromatic nitrogens is 2. The average Bonchev–Trinajstić information content (AvgIpc) is 3.28. The Morgan fingerprint density at radius 1 is 0.938 bits per heavy atom. The number of benzene rings is 2. The van der Waals surface area contributed by atoms with E-state index in [0.717, 1.165) is 30.1 Å². The fourth-order valence-corrected chi connectivity index (χ4v) is 6.33. The van der Waals surface area contributed by atoms with Gasteiger partial charge in [-0.3, -0.25) is 4.79 Å². The van der Waals surface area contributed by atoms with Crippen molar-refractivity contribution in [2.75, 3.05) is 12.7 Å². The monoisotopic (exact) mass is 452 g/mol. The van der Waals surface area contributed by atoms with Crippen molar-refractivity contribution in [2.45, 2.75) is 52.1 Å². The van der Waals surface area contributed by atoms with Crippen LogP contribution in [0.2, 0.25) is 0 Å². The number of unbranched alkanes of at least 4 members (excludes halogenated alkanes) is 3. The second-order valence-electron chi connectivity index (χ2n) is 8.22. The minimum absolute atomic E-state index is 0.0116. The van der Waals surface area contributed by atoms with Crippen LogP contribution in [0.15, 0.2) is 79.4 Å². The fourth-order valence-electron chi connectivity index (χ4n) is 3.84. The maximum atomic E-state index is 13.9. The minimum Gasteiger partial charge on any atom is -0.356 e. The molecule has 6 heteroatoms. The van der Waals surface area contributed by atoms with E-state index in [-0.39, 0.29) is 12.1 Å². The number of nitrogens with zero attached hydrogens (tertiary/aromatic N) is 2. The highest BCUT2D eigenvalue weighted by Crippen LogP contribution is 2.42. The van der Waals surface area contributed by atoms with Crippen molar-refractivity contribution >= 4 is 23.7 Å². The van der Waals surface area contributed by atoms with E-state index in [1.54, 1.807) is 0 Å². The lowest BCUT2D eigenvalue weighted by Crippen LogP contribution is -2.36. The van der Waals surface area contributed by atoms with Crippen LogP contribution in [0, 0.1) is 0 Å². The standard InChI is InChI=1S/C26H34N3O2P/c1-2-3-4-11-18-28-20-21-29(23-28)19-12-17-27-26(30)22-32(31,24-13-7-5-8-14-24)25-15-9-6-10-16-25/h5-10,13-16,20-21,23H,2-4,11-12,17-19,22H2,1H3/p+1. The third-order valence-corrected chi connectivity index (χ3v) is 8.64. The molecule has 0 spiro atoms. The first-order chi connectivity index (χ1) is 15.6.